The molecule has 1 aliphatic heterocycles. The lowest BCUT2D eigenvalue weighted by Gasteiger charge is -2.16. The van der Waals surface area contributed by atoms with Crippen molar-refractivity contribution in [3.63, 3.8) is 0 Å². The molecule has 0 spiro atoms. The number of anilines is 2. The minimum absolute atomic E-state index is 0.0363. The van der Waals surface area contributed by atoms with Gasteiger partial charge in [0.2, 0.25) is 0 Å². The first kappa shape index (κ1) is 11.8. The van der Waals surface area contributed by atoms with Gasteiger partial charge in [0.05, 0.1) is 0 Å². The van der Waals surface area contributed by atoms with Crippen molar-refractivity contribution in [1.29, 1.82) is 0 Å². The molecule has 5 nitrogen and oxygen atoms in total. The molecule has 0 radical (unpaired) electrons. The molecule has 0 atom stereocenters. The summed E-state index contributed by atoms with van der Waals surface area (Å²) in [7, 11) is 0. The van der Waals surface area contributed by atoms with Crippen LogP contribution < -0.4 is 16.2 Å². The zero-order valence-electron chi connectivity index (χ0n) is 10.8. The number of hydrogen-bond donors (Lipinski definition) is 1. The fraction of sp³-hybridized carbons (Fsp3) is 0.286. The second kappa shape index (κ2) is 4.42. The fourth-order valence-corrected chi connectivity index (χ4v) is 2.47. The predicted molar refractivity (Wildman–Crippen MR) is 74.9 cm³/mol. The van der Waals surface area contributed by atoms with Gasteiger partial charge in [-0.1, -0.05) is 6.07 Å². The van der Waals surface area contributed by atoms with Crippen LogP contribution in [-0.4, -0.2) is 9.55 Å². The lowest BCUT2D eigenvalue weighted by molar-refractivity contribution is 0.703. The van der Waals surface area contributed by atoms with E-state index in [0.29, 0.717) is 25.5 Å². The van der Waals surface area contributed by atoms with E-state index in [2.05, 4.69) is 4.98 Å². The summed E-state index contributed by atoms with van der Waals surface area (Å²) in [5.74, 6) is 0.513. The maximum atomic E-state index is 12.2. The zero-order valence-corrected chi connectivity index (χ0v) is 10.8. The Labute approximate surface area is 111 Å². The summed E-state index contributed by atoms with van der Waals surface area (Å²) in [6, 6.07) is 5.88. The number of benzene rings is 1. The van der Waals surface area contributed by atoms with E-state index in [1.807, 2.05) is 30.0 Å². The van der Waals surface area contributed by atoms with Crippen LogP contribution in [0.4, 0.5) is 11.5 Å². The van der Waals surface area contributed by atoms with Crippen LogP contribution in [-0.2, 0) is 19.6 Å². The molecule has 0 fully saturated rings. The molecule has 0 amide bonds. The van der Waals surface area contributed by atoms with Gasteiger partial charge < -0.3 is 15.2 Å². The molecule has 19 heavy (non-hydrogen) atoms. The Bertz CT molecular complexity index is 677. The fourth-order valence-electron chi connectivity index (χ4n) is 2.47. The monoisotopic (exact) mass is 256 g/mol. The summed E-state index contributed by atoms with van der Waals surface area (Å²) in [5, 5.41) is 0. The van der Waals surface area contributed by atoms with Crippen LogP contribution in [0.25, 0.3) is 0 Å². The molecule has 1 aromatic carbocycles. The van der Waals surface area contributed by atoms with E-state index in [1.165, 1.54) is 11.1 Å². The minimum Gasteiger partial charge on any atom is -0.399 e. The molecule has 0 saturated heterocycles. The Morgan fingerprint density at radius 1 is 1.32 bits per heavy atom. The van der Waals surface area contributed by atoms with Gasteiger partial charge in [-0.05, 0) is 30.2 Å². The van der Waals surface area contributed by atoms with Crippen molar-refractivity contribution >= 4 is 11.5 Å². The van der Waals surface area contributed by atoms with Crippen LogP contribution in [0.2, 0.25) is 0 Å². The SMILES string of the molecule is CCn1ccnc(N2Cc3ccc(N)cc3C2)c1=O. The minimum atomic E-state index is -0.0363. The molecule has 0 unspecified atom stereocenters. The van der Waals surface area contributed by atoms with Crippen LogP contribution in [0.5, 0.6) is 0 Å². The van der Waals surface area contributed by atoms with E-state index in [-0.39, 0.29) is 5.56 Å². The average Bonchev–Trinajstić information content (AvgIpc) is 2.81. The van der Waals surface area contributed by atoms with Crippen molar-refractivity contribution in [3.05, 3.63) is 52.1 Å². The van der Waals surface area contributed by atoms with Crippen molar-refractivity contribution in [2.24, 2.45) is 0 Å². The van der Waals surface area contributed by atoms with Crippen molar-refractivity contribution < 1.29 is 0 Å². The molecule has 1 aromatic heterocycles. The Balaban J connectivity index is 1.97. The number of nitrogens with zero attached hydrogens (tertiary/aromatic N) is 3. The Kier molecular flexibility index (Phi) is 2.74. The summed E-state index contributed by atoms with van der Waals surface area (Å²) < 4.78 is 1.67. The molecular weight excluding hydrogens is 240 g/mol. The smallest absolute Gasteiger partial charge is 0.293 e. The third kappa shape index (κ3) is 1.97. The first-order valence-electron chi connectivity index (χ1n) is 6.36. The zero-order chi connectivity index (χ0) is 13.4. The standard InChI is InChI=1S/C14H16N4O/c1-2-17-6-5-16-13(14(17)19)18-8-10-3-4-12(15)7-11(10)9-18/h3-7H,2,8-9,15H2,1H3. The third-order valence-corrected chi connectivity index (χ3v) is 3.49. The van der Waals surface area contributed by atoms with Gasteiger partial charge in [-0.25, -0.2) is 4.98 Å². The number of aromatic nitrogens is 2. The molecule has 2 N–H and O–H groups in total. The number of hydrogen-bond acceptors (Lipinski definition) is 4. The molecule has 2 aromatic rings. The summed E-state index contributed by atoms with van der Waals surface area (Å²) in [5.41, 5.74) is 8.90. The van der Waals surface area contributed by atoms with Crippen LogP contribution in [0.15, 0.2) is 35.4 Å². The maximum Gasteiger partial charge on any atom is 0.293 e. The predicted octanol–water partition coefficient (Wildman–Crippen LogP) is 1.37. The summed E-state index contributed by atoms with van der Waals surface area (Å²) in [6.07, 6.45) is 3.39. The molecule has 0 saturated carbocycles. The lowest BCUT2D eigenvalue weighted by atomic mass is 10.1. The van der Waals surface area contributed by atoms with E-state index in [0.717, 1.165) is 5.69 Å². The van der Waals surface area contributed by atoms with Crippen LogP contribution >= 0.6 is 0 Å². The second-order valence-corrected chi connectivity index (χ2v) is 4.73. The van der Waals surface area contributed by atoms with Crippen LogP contribution in [0.1, 0.15) is 18.1 Å². The highest BCUT2D eigenvalue weighted by Gasteiger charge is 2.22. The quantitative estimate of drug-likeness (QED) is 0.824. The Morgan fingerprint density at radius 2 is 2.11 bits per heavy atom. The number of rotatable bonds is 2. The van der Waals surface area contributed by atoms with E-state index in [1.54, 1.807) is 17.0 Å². The molecular formula is C14H16N4O. The van der Waals surface area contributed by atoms with Gasteiger partial charge in [-0.2, -0.15) is 0 Å². The highest BCUT2D eigenvalue weighted by molar-refractivity contribution is 5.52. The highest BCUT2D eigenvalue weighted by Crippen LogP contribution is 2.26. The Morgan fingerprint density at radius 3 is 2.89 bits per heavy atom. The van der Waals surface area contributed by atoms with Crippen molar-refractivity contribution in [1.82, 2.24) is 9.55 Å². The molecule has 0 bridgehead atoms. The van der Waals surface area contributed by atoms with Gasteiger partial charge in [-0.3, -0.25) is 4.79 Å². The van der Waals surface area contributed by atoms with Gasteiger partial charge in [0.1, 0.15) is 0 Å². The van der Waals surface area contributed by atoms with Crippen molar-refractivity contribution in [2.75, 3.05) is 10.6 Å². The van der Waals surface area contributed by atoms with Gasteiger partial charge in [0, 0.05) is 37.7 Å². The van der Waals surface area contributed by atoms with Crippen LogP contribution in [0.3, 0.4) is 0 Å². The van der Waals surface area contributed by atoms with Gasteiger partial charge >= 0.3 is 0 Å². The van der Waals surface area contributed by atoms with Crippen molar-refractivity contribution in [2.45, 2.75) is 26.6 Å². The molecule has 3 rings (SSSR count). The van der Waals surface area contributed by atoms with Gasteiger partial charge in [-0.15, -0.1) is 0 Å². The average molecular weight is 256 g/mol. The second-order valence-electron chi connectivity index (χ2n) is 4.73. The largest absolute Gasteiger partial charge is 0.399 e. The van der Waals surface area contributed by atoms with E-state index in [9.17, 15) is 4.79 Å². The molecule has 0 aliphatic carbocycles. The van der Waals surface area contributed by atoms with E-state index < -0.39 is 0 Å². The summed E-state index contributed by atoms with van der Waals surface area (Å²) in [6.45, 7) is 4.01. The van der Waals surface area contributed by atoms with E-state index in [4.69, 9.17) is 5.73 Å². The van der Waals surface area contributed by atoms with Gasteiger partial charge in [0.15, 0.2) is 5.82 Å². The van der Waals surface area contributed by atoms with Gasteiger partial charge in [0.25, 0.3) is 5.56 Å². The molecule has 2 heterocycles. The molecule has 5 heteroatoms. The first-order valence-corrected chi connectivity index (χ1v) is 6.36. The van der Waals surface area contributed by atoms with Crippen LogP contribution in [0, 0.1) is 0 Å². The molecule has 98 valence electrons. The number of nitrogens with two attached hydrogens (primary N) is 1. The third-order valence-electron chi connectivity index (χ3n) is 3.49. The lowest BCUT2D eigenvalue weighted by Crippen LogP contribution is -2.29. The highest BCUT2D eigenvalue weighted by atomic mass is 16.1. The number of fused-ring (bicyclic) bond motifs is 1. The topological polar surface area (TPSA) is 64.2 Å². The first-order chi connectivity index (χ1) is 9.19. The normalized spacial score (nSPS) is 13.6. The van der Waals surface area contributed by atoms with Crippen molar-refractivity contribution in [3.8, 4) is 0 Å². The Hall–Kier alpha value is -2.30. The number of nitrogen functional groups attached to an aromatic ring is 1. The molecule has 1 aliphatic rings. The maximum absolute atomic E-state index is 12.2. The summed E-state index contributed by atoms with van der Waals surface area (Å²) >= 11 is 0. The summed E-state index contributed by atoms with van der Waals surface area (Å²) in [4.78, 5) is 18.5. The number of aryl methyl sites for hydroxylation is 1. The van der Waals surface area contributed by atoms with E-state index >= 15 is 0 Å².